The third kappa shape index (κ3) is 3.58. The number of halogens is 1. The van der Waals surface area contributed by atoms with E-state index in [-0.39, 0.29) is 29.6 Å². The molecule has 1 aliphatic heterocycles. The summed E-state index contributed by atoms with van der Waals surface area (Å²) in [6, 6.07) is 3.97. The zero-order valence-corrected chi connectivity index (χ0v) is 11.7. The zero-order chi connectivity index (χ0) is 13.8. The van der Waals surface area contributed by atoms with E-state index < -0.39 is 4.92 Å². The molecule has 2 rings (SSSR count). The van der Waals surface area contributed by atoms with Crippen LogP contribution in [0.3, 0.4) is 0 Å². The monoisotopic (exact) mass is 301 g/mol. The summed E-state index contributed by atoms with van der Waals surface area (Å²) in [5.74, 6) is 0.399. The summed E-state index contributed by atoms with van der Waals surface area (Å²) >= 11 is 0. The van der Waals surface area contributed by atoms with Gasteiger partial charge in [0.05, 0.1) is 17.6 Å². The van der Waals surface area contributed by atoms with E-state index in [1.807, 2.05) is 0 Å². The van der Waals surface area contributed by atoms with Crippen LogP contribution in [0.1, 0.15) is 10.4 Å². The van der Waals surface area contributed by atoms with E-state index in [1.54, 1.807) is 0 Å². The van der Waals surface area contributed by atoms with Crippen LogP contribution >= 0.6 is 12.4 Å². The Balaban J connectivity index is 0.00000200. The van der Waals surface area contributed by atoms with Crippen molar-refractivity contribution in [2.24, 2.45) is 5.92 Å². The number of methoxy groups -OCH3 is 1. The molecule has 0 spiro atoms. The molecule has 1 saturated heterocycles. The highest BCUT2D eigenvalue weighted by molar-refractivity contribution is 5.97. The van der Waals surface area contributed by atoms with Gasteiger partial charge < -0.3 is 15.4 Å². The number of carbonyl (C=O) groups excluding carboxylic acids is 1. The van der Waals surface area contributed by atoms with Crippen molar-refractivity contribution in [2.75, 3.05) is 26.7 Å². The van der Waals surface area contributed by atoms with Gasteiger partial charge in [-0.3, -0.25) is 14.9 Å². The number of hydrogen-bond acceptors (Lipinski definition) is 5. The second-order valence-electron chi connectivity index (χ2n) is 4.38. The second kappa shape index (κ2) is 7.06. The third-order valence-corrected chi connectivity index (χ3v) is 3.06. The van der Waals surface area contributed by atoms with Crippen molar-refractivity contribution in [2.45, 2.75) is 0 Å². The molecular weight excluding hydrogens is 286 g/mol. The maximum absolute atomic E-state index is 12.0. The Labute approximate surface area is 122 Å². The van der Waals surface area contributed by atoms with Gasteiger partial charge in [-0.1, -0.05) is 0 Å². The Morgan fingerprint density at radius 3 is 2.75 bits per heavy atom. The minimum absolute atomic E-state index is 0. The lowest BCUT2D eigenvalue weighted by Gasteiger charge is -2.27. The van der Waals surface area contributed by atoms with Crippen LogP contribution in [0.4, 0.5) is 5.69 Å². The van der Waals surface area contributed by atoms with E-state index in [0.29, 0.717) is 18.2 Å². The van der Waals surface area contributed by atoms with E-state index in [2.05, 4.69) is 10.6 Å². The standard InChI is InChI=1S/C12H15N3O4.ClH/c1-19-11-3-2-9(15(17)18)4-10(11)12(16)14-7-8-5-13-6-8;/h2-4,8,13H,5-7H2,1H3,(H,14,16);1H. The highest BCUT2D eigenvalue weighted by Gasteiger charge is 2.20. The molecule has 0 radical (unpaired) electrons. The number of benzene rings is 1. The van der Waals surface area contributed by atoms with Gasteiger partial charge in [-0.05, 0) is 6.07 Å². The van der Waals surface area contributed by atoms with Gasteiger partial charge in [0.2, 0.25) is 0 Å². The van der Waals surface area contributed by atoms with Gasteiger partial charge in [0, 0.05) is 37.7 Å². The molecular formula is C12H16ClN3O4. The molecule has 2 N–H and O–H groups in total. The molecule has 7 nitrogen and oxygen atoms in total. The fourth-order valence-electron chi connectivity index (χ4n) is 1.81. The first-order chi connectivity index (χ1) is 9.11. The van der Waals surface area contributed by atoms with Crippen molar-refractivity contribution >= 4 is 24.0 Å². The van der Waals surface area contributed by atoms with Crippen LogP contribution < -0.4 is 15.4 Å². The van der Waals surface area contributed by atoms with Crippen LogP contribution in [0.2, 0.25) is 0 Å². The summed E-state index contributed by atoms with van der Waals surface area (Å²) in [5.41, 5.74) is 0.0558. The number of nitro groups is 1. The lowest BCUT2D eigenvalue weighted by molar-refractivity contribution is -0.384. The van der Waals surface area contributed by atoms with Crippen LogP contribution in [0.5, 0.6) is 5.75 Å². The SMILES string of the molecule is COc1ccc([N+](=O)[O-])cc1C(=O)NCC1CNC1.Cl. The zero-order valence-electron chi connectivity index (χ0n) is 10.9. The van der Waals surface area contributed by atoms with Crippen molar-refractivity contribution in [1.29, 1.82) is 0 Å². The molecule has 8 heteroatoms. The fourth-order valence-corrected chi connectivity index (χ4v) is 1.81. The van der Waals surface area contributed by atoms with Crippen molar-refractivity contribution in [3.8, 4) is 5.75 Å². The topological polar surface area (TPSA) is 93.5 Å². The molecule has 0 aromatic heterocycles. The molecule has 0 bridgehead atoms. The average Bonchev–Trinajstić information content (AvgIpc) is 2.35. The molecule has 1 heterocycles. The molecule has 1 amide bonds. The summed E-state index contributed by atoms with van der Waals surface area (Å²) in [6.45, 7) is 2.32. The first kappa shape index (κ1) is 16.2. The molecule has 1 aromatic carbocycles. The summed E-state index contributed by atoms with van der Waals surface area (Å²) in [7, 11) is 1.42. The Morgan fingerprint density at radius 1 is 1.55 bits per heavy atom. The number of non-ortho nitro benzene ring substituents is 1. The van der Waals surface area contributed by atoms with E-state index in [9.17, 15) is 14.9 Å². The molecule has 1 fully saturated rings. The summed E-state index contributed by atoms with van der Waals surface area (Å²) < 4.78 is 5.05. The molecule has 1 aliphatic rings. The number of ether oxygens (including phenoxy) is 1. The normalized spacial score (nSPS) is 13.8. The van der Waals surface area contributed by atoms with E-state index in [0.717, 1.165) is 13.1 Å². The molecule has 0 aliphatic carbocycles. The van der Waals surface area contributed by atoms with E-state index in [1.165, 1.54) is 25.3 Å². The lowest BCUT2D eigenvalue weighted by atomic mass is 10.0. The van der Waals surface area contributed by atoms with Crippen LogP contribution in [-0.4, -0.2) is 37.6 Å². The predicted molar refractivity (Wildman–Crippen MR) is 75.6 cm³/mol. The number of rotatable bonds is 5. The first-order valence-electron chi connectivity index (χ1n) is 5.93. The predicted octanol–water partition coefficient (Wildman–Crippen LogP) is 0.974. The van der Waals surface area contributed by atoms with E-state index >= 15 is 0 Å². The van der Waals surface area contributed by atoms with Crippen LogP contribution in [0.25, 0.3) is 0 Å². The number of carbonyl (C=O) groups is 1. The Kier molecular flexibility index (Phi) is 5.72. The van der Waals surface area contributed by atoms with Gasteiger partial charge in [-0.25, -0.2) is 0 Å². The smallest absolute Gasteiger partial charge is 0.270 e. The van der Waals surface area contributed by atoms with Crippen molar-refractivity contribution in [1.82, 2.24) is 10.6 Å². The summed E-state index contributed by atoms with van der Waals surface area (Å²) in [4.78, 5) is 22.2. The van der Waals surface area contributed by atoms with Gasteiger partial charge in [0.1, 0.15) is 5.75 Å². The fraction of sp³-hybridized carbons (Fsp3) is 0.417. The minimum Gasteiger partial charge on any atom is -0.496 e. The van der Waals surface area contributed by atoms with Crippen molar-refractivity contribution < 1.29 is 14.5 Å². The van der Waals surface area contributed by atoms with Gasteiger partial charge >= 0.3 is 0 Å². The maximum Gasteiger partial charge on any atom is 0.270 e. The Hall–Kier alpha value is -1.86. The largest absolute Gasteiger partial charge is 0.496 e. The van der Waals surface area contributed by atoms with Crippen LogP contribution in [-0.2, 0) is 0 Å². The minimum atomic E-state index is -0.536. The van der Waals surface area contributed by atoms with Gasteiger partial charge in [0.25, 0.3) is 11.6 Å². The van der Waals surface area contributed by atoms with Crippen LogP contribution in [0.15, 0.2) is 18.2 Å². The number of nitro benzene ring substituents is 1. The molecule has 110 valence electrons. The number of nitrogens with zero attached hydrogens (tertiary/aromatic N) is 1. The van der Waals surface area contributed by atoms with Gasteiger partial charge in [-0.2, -0.15) is 0 Å². The van der Waals surface area contributed by atoms with E-state index in [4.69, 9.17) is 4.74 Å². The first-order valence-corrected chi connectivity index (χ1v) is 5.93. The Bertz CT molecular complexity index is 505. The highest BCUT2D eigenvalue weighted by atomic mass is 35.5. The van der Waals surface area contributed by atoms with Crippen molar-refractivity contribution in [3.05, 3.63) is 33.9 Å². The molecule has 0 saturated carbocycles. The second-order valence-corrected chi connectivity index (χ2v) is 4.38. The molecule has 0 unspecified atom stereocenters. The van der Waals surface area contributed by atoms with Crippen LogP contribution in [0, 0.1) is 16.0 Å². The van der Waals surface area contributed by atoms with Crippen molar-refractivity contribution in [3.63, 3.8) is 0 Å². The molecule has 20 heavy (non-hydrogen) atoms. The quantitative estimate of drug-likeness (QED) is 0.624. The third-order valence-electron chi connectivity index (χ3n) is 3.06. The maximum atomic E-state index is 12.0. The number of hydrogen-bond donors (Lipinski definition) is 2. The Morgan fingerprint density at radius 2 is 2.25 bits per heavy atom. The van der Waals surface area contributed by atoms with Gasteiger partial charge in [0.15, 0.2) is 0 Å². The summed E-state index contributed by atoms with van der Waals surface area (Å²) in [5, 5.41) is 16.6. The molecule has 0 atom stereocenters. The number of nitrogens with one attached hydrogen (secondary N) is 2. The molecule has 1 aromatic rings. The number of amides is 1. The summed E-state index contributed by atoms with van der Waals surface area (Å²) in [6.07, 6.45) is 0. The highest BCUT2D eigenvalue weighted by Crippen LogP contribution is 2.23. The lowest BCUT2D eigenvalue weighted by Crippen LogP contribution is -2.48. The van der Waals surface area contributed by atoms with Gasteiger partial charge in [-0.15, -0.1) is 12.4 Å². The average molecular weight is 302 g/mol.